The molecule has 0 bridgehead atoms. The maximum atomic E-state index is 12.3. The summed E-state index contributed by atoms with van der Waals surface area (Å²) in [5, 5.41) is 14.4. The minimum atomic E-state index is -0.653. The summed E-state index contributed by atoms with van der Waals surface area (Å²) in [7, 11) is 0. The largest absolute Gasteiger partial charge is 0.481 e. The van der Waals surface area contributed by atoms with Gasteiger partial charge in [0.1, 0.15) is 12.1 Å². The van der Waals surface area contributed by atoms with Crippen LogP contribution in [0, 0.1) is 6.92 Å². The number of anilines is 1. The summed E-state index contributed by atoms with van der Waals surface area (Å²) in [5.41, 5.74) is 2.35. The number of aromatic nitrogens is 4. The van der Waals surface area contributed by atoms with E-state index in [4.69, 9.17) is 16.3 Å². The van der Waals surface area contributed by atoms with Crippen molar-refractivity contribution >= 4 is 23.2 Å². The molecule has 25 heavy (non-hydrogen) atoms. The molecule has 1 N–H and O–H groups in total. The van der Waals surface area contributed by atoms with E-state index >= 15 is 0 Å². The number of nitrogens with zero attached hydrogens (tertiary/aromatic N) is 4. The predicted octanol–water partition coefficient (Wildman–Crippen LogP) is 3.03. The number of carbonyl (C=O) groups is 1. The van der Waals surface area contributed by atoms with Gasteiger partial charge in [0.15, 0.2) is 6.10 Å². The van der Waals surface area contributed by atoms with Gasteiger partial charge in [-0.15, -0.1) is 5.10 Å². The Morgan fingerprint density at radius 2 is 2.00 bits per heavy atom. The number of hydrogen-bond acceptors (Lipinski definition) is 5. The van der Waals surface area contributed by atoms with E-state index in [0.717, 1.165) is 11.3 Å². The molecule has 0 aliphatic carbocycles. The molecular formula is C17H16ClN5O2. The Kier molecular flexibility index (Phi) is 4.95. The maximum Gasteiger partial charge on any atom is 0.265 e. The summed E-state index contributed by atoms with van der Waals surface area (Å²) in [6.07, 6.45) is 0.845. The van der Waals surface area contributed by atoms with E-state index in [1.165, 1.54) is 11.0 Å². The third-order valence-electron chi connectivity index (χ3n) is 3.56. The van der Waals surface area contributed by atoms with Gasteiger partial charge in [0, 0.05) is 10.7 Å². The van der Waals surface area contributed by atoms with E-state index in [1.807, 2.05) is 6.92 Å². The number of tetrazole rings is 1. The Morgan fingerprint density at radius 1 is 1.24 bits per heavy atom. The molecule has 0 aliphatic rings. The number of rotatable bonds is 5. The Morgan fingerprint density at radius 3 is 2.64 bits per heavy atom. The molecule has 0 radical (unpaired) electrons. The molecule has 7 nitrogen and oxygen atoms in total. The van der Waals surface area contributed by atoms with Crippen LogP contribution in [-0.4, -0.2) is 32.2 Å². The molecule has 0 saturated heterocycles. The molecular weight excluding hydrogens is 342 g/mol. The quantitative estimate of drug-likeness (QED) is 0.759. The van der Waals surface area contributed by atoms with Crippen LogP contribution in [0.4, 0.5) is 5.69 Å². The van der Waals surface area contributed by atoms with Crippen molar-refractivity contribution in [1.29, 1.82) is 0 Å². The molecule has 128 valence electrons. The number of carbonyl (C=O) groups excluding carboxylic acids is 1. The van der Waals surface area contributed by atoms with Crippen LogP contribution >= 0.6 is 11.6 Å². The van der Waals surface area contributed by atoms with E-state index in [1.54, 1.807) is 49.4 Å². The van der Waals surface area contributed by atoms with Crippen LogP contribution in [0.1, 0.15) is 12.5 Å². The second-order valence-electron chi connectivity index (χ2n) is 5.46. The number of halogens is 1. The Balaban J connectivity index is 1.62. The molecule has 1 heterocycles. The highest BCUT2D eigenvalue weighted by atomic mass is 35.5. The van der Waals surface area contributed by atoms with Crippen LogP contribution in [0.2, 0.25) is 5.02 Å². The lowest BCUT2D eigenvalue weighted by atomic mass is 10.2. The zero-order chi connectivity index (χ0) is 17.8. The third kappa shape index (κ3) is 4.13. The third-order valence-corrected chi connectivity index (χ3v) is 3.98. The molecule has 0 unspecified atom stereocenters. The van der Waals surface area contributed by atoms with Gasteiger partial charge in [-0.05, 0) is 72.3 Å². The summed E-state index contributed by atoms with van der Waals surface area (Å²) in [6.45, 7) is 3.57. The van der Waals surface area contributed by atoms with Crippen LogP contribution in [-0.2, 0) is 4.79 Å². The van der Waals surface area contributed by atoms with Gasteiger partial charge in [-0.2, -0.15) is 0 Å². The second kappa shape index (κ2) is 7.31. The van der Waals surface area contributed by atoms with Gasteiger partial charge >= 0.3 is 0 Å². The number of nitrogens with one attached hydrogen (secondary N) is 1. The van der Waals surface area contributed by atoms with Crippen molar-refractivity contribution in [1.82, 2.24) is 20.2 Å². The van der Waals surface area contributed by atoms with Gasteiger partial charge in [0.05, 0.1) is 5.69 Å². The first-order valence-corrected chi connectivity index (χ1v) is 7.98. The molecule has 0 saturated carbocycles. The van der Waals surface area contributed by atoms with E-state index in [-0.39, 0.29) is 5.91 Å². The summed E-state index contributed by atoms with van der Waals surface area (Å²) in [6, 6.07) is 12.4. The minimum absolute atomic E-state index is 0.247. The van der Waals surface area contributed by atoms with Crippen LogP contribution in [0.3, 0.4) is 0 Å². The van der Waals surface area contributed by atoms with E-state index in [2.05, 4.69) is 20.8 Å². The Hall–Kier alpha value is -2.93. The first kappa shape index (κ1) is 16.9. The van der Waals surface area contributed by atoms with E-state index in [9.17, 15) is 4.79 Å². The number of hydrogen-bond donors (Lipinski definition) is 1. The summed E-state index contributed by atoms with van der Waals surface area (Å²) in [5.74, 6) is 0.348. The SMILES string of the molecule is Cc1cc(O[C@@H](C)C(=O)Nc2ccc(-n3cnnn3)cc2)ccc1Cl. The van der Waals surface area contributed by atoms with Gasteiger partial charge in [-0.3, -0.25) is 4.79 Å². The normalized spacial score (nSPS) is 11.8. The Bertz CT molecular complexity index is 865. The minimum Gasteiger partial charge on any atom is -0.481 e. The van der Waals surface area contributed by atoms with Crippen LogP contribution in [0.5, 0.6) is 5.75 Å². The molecule has 0 aliphatic heterocycles. The fourth-order valence-electron chi connectivity index (χ4n) is 2.17. The van der Waals surface area contributed by atoms with Crippen molar-refractivity contribution in [3.8, 4) is 11.4 Å². The molecule has 1 amide bonds. The van der Waals surface area contributed by atoms with Crippen molar-refractivity contribution in [2.24, 2.45) is 0 Å². The van der Waals surface area contributed by atoms with Crippen molar-refractivity contribution in [2.75, 3.05) is 5.32 Å². The van der Waals surface area contributed by atoms with Gasteiger partial charge in [0.2, 0.25) is 0 Å². The fourth-order valence-corrected chi connectivity index (χ4v) is 2.29. The van der Waals surface area contributed by atoms with Crippen molar-refractivity contribution in [3.05, 3.63) is 59.4 Å². The smallest absolute Gasteiger partial charge is 0.265 e. The zero-order valence-corrected chi connectivity index (χ0v) is 14.4. The highest BCUT2D eigenvalue weighted by Gasteiger charge is 2.15. The molecule has 8 heteroatoms. The molecule has 0 spiro atoms. The number of amides is 1. The first-order valence-electron chi connectivity index (χ1n) is 7.60. The van der Waals surface area contributed by atoms with Crippen LogP contribution in [0.25, 0.3) is 5.69 Å². The average Bonchev–Trinajstić information content (AvgIpc) is 3.13. The van der Waals surface area contributed by atoms with Crippen LogP contribution in [0.15, 0.2) is 48.8 Å². The molecule has 1 atom stereocenters. The van der Waals surface area contributed by atoms with Crippen molar-refractivity contribution < 1.29 is 9.53 Å². The molecule has 1 aromatic heterocycles. The van der Waals surface area contributed by atoms with E-state index in [0.29, 0.717) is 16.5 Å². The fraction of sp³-hybridized carbons (Fsp3) is 0.176. The average molecular weight is 358 g/mol. The van der Waals surface area contributed by atoms with Gasteiger partial charge in [-0.25, -0.2) is 4.68 Å². The molecule has 0 fully saturated rings. The number of benzene rings is 2. The Labute approximate surface area is 149 Å². The molecule has 2 aromatic carbocycles. The van der Waals surface area contributed by atoms with Crippen molar-refractivity contribution in [3.63, 3.8) is 0 Å². The van der Waals surface area contributed by atoms with Gasteiger partial charge < -0.3 is 10.1 Å². The standard InChI is InChI=1S/C17H16ClN5O2/c1-11-9-15(7-8-16(11)18)25-12(2)17(24)20-13-3-5-14(6-4-13)23-10-19-21-22-23/h3-10,12H,1-2H3,(H,20,24)/t12-/m0/s1. The number of ether oxygens (including phenoxy) is 1. The highest BCUT2D eigenvalue weighted by Crippen LogP contribution is 2.22. The predicted molar refractivity (Wildman–Crippen MR) is 94.1 cm³/mol. The molecule has 3 rings (SSSR count). The van der Waals surface area contributed by atoms with Crippen molar-refractivity contribution in [2.45, 2.75) is 20.0 Å². The lowest BCUT2D eigenvalue weighted by Gasteiger charge is -2.15. The topological polar surface area (TPSA) is 81.9 Å². The number of aryl methyl sites for hydroxylation is 1. The maximum absolute atomic E-state index is 12.3. The first-order chi connectivity index (χ1) is 12.0. The van der Waals surface area contributed by atoms with Gasteiger partial charge in [0.25, 0.3) is 5.91 Å². The van der Waals surface area contributed by atoms with E-state index < -0.39 is 6.10 Å². The second-order valence-corrected chi connectivity index (χ2v) is 5.87. The highest BCUT2D eigenvalue weighted by molar-refractivity contribution is 6.31. The summed E-state index contributed by atoms with van der Waals surface area (Å²) in [4.78, 5) is 12.3. The molecule has 3 aromatic rings. The zero-order valence-electron chi connectivity index (χ0n) is 13.7. The van der Waals surface area contributed by atoms with Crippen LogP contribution < -0.4 is 10.1 Å². The monoisotopic (exact) mass is 357 g/mol. The van der Waals surface area contributed by atoms with Gasteiger partial charge in [-0.1, -0.05) is 11.6 Å². The summed E-state index contributed by atoms with van der Waals surface area (Å²) >= 11 is 5.99. The lowest BCUT2D eigenvalue weighted by molar-refractivity contribution is -0.122. The summed E-state index contributed by atoms with van der Waals surface area (Å²) < 4.78 is 7.19. The lowest BCUT2D eigenvalue weighted by Crippen LogP contribution is -2.30.